The van der Waals surface area contributed by atoms with E-state index < -0.39 is 0 Å². The molecule has 4 heteroatoms. The molecule has 1 N–H and O–H groups in total. The standard InChI is InChI=1S/C11H15ClN2O/c1-8-9(12)5-4-6-10(8)13-11(15)7-14(2)3/h4-6H,7H2,1-3H3,(H,13,15). The zero-order valence-corrected chi connectivity index (χ0v) is 9.93. The molecule has 1 amide bonds. The highest BCUT2D eigenvalue weighted by molar-refractivity contribution is 6.31. The van der Waals surface area contributed by atoms with Crippen LogP contribution in [0.15, 0.2) is 18.2 Å². The van der Waals surface area contributed by atoms with Gasteiger partial charge in [-0.3, -0.25) is 4.79 Å². The van der Waals surface area contributed by atoms with E-state index in [0.717, 1.165) is 11.3 Å². The Balaban J connectivity index is 2.73. The van der Waals surface area contributed by atoms with E-state index in [1.54, 1.807) is 6.07 Å². The van der Waals surface area contributed by atoms with Crippen LogP contribution in [-0.2, 0) is 4.79 Å². The quantitative estimate of drug-likeness (QED) is 0.857. The molecule has 0 aromatic heterocycles. The number of nitrogens with zero attached hydrogens (tertiary/aromatic N) is 1. The first-order valence-corrected chi connectivity index (χ1v) is 5.08. The predicted molar refractivity (Wildman–Crippen MR) is 63.4 cm³/mol. The van der Waals surface area contributed by atoms with Crippen LogP contribution in [0.4, 0.5) is 5.69 Å². The van der Waals surface area contributed by atoms with Crippen molar-refractivity contribution >= 4 is 23.2 Å². The lowest BCUT2D eigenvalue weighted by atomic mass is 10.2. The maximum atomic E-state index is 11.5. The van der Waals surface area contributed by atoms with Gasteiger partial charge in [-0.15, -0.1) is 0 Å². The van der Waals surface area contributed by atoms with Gasteiger partial charge in [-0.25, -0.2) is 0 Å². The number of carbonyl (C=O) groups excluding carboxylic acids is 1. The van der Waals surface area contributed by atoms with Crippen molar-refractivity contribution < 1.29 is 4.79 Å². The number of likely N-dealkylation sites (N-methyl/N-ethyl adjacent to an activating group) is 1. The van der Waals surface area contributed by atoms with Gasteiger partial charge in [0.25, 0.3) is 0 Å². The van der Waals surface area contributed by atoms with Crippen LogP contribution < -0.4 is 5.32 Å². The van der Waals surface area contributed by atoms with Crippen LogP contribution in [0.2, 0.25) is 5.02 Å². The summed E-state index contributed by atoms with van der Waals surface area (Å²) >= 11 is 5.94. The van der Waals surface area contributed by atoms with E-state index in [2.05, 4.69) is 5.32 Å². The van der Waals surface area contributed by atoms with Gasteiger partial charge >= 0.3 is 0 Å². The van der Waals surface area contributed by atoms with Crippen LogP contribution in [0.25, 0.3) is 0 Å². The van der Waals surface area contributed by atoms with Crippen molar-refractivity contribution in [2.45, 2.75) is 6.92 Å². The number of carbonyl (C=O) groups is 1. The average molecular weight is 227 g/mol. The molecule has 1 aromatic rings. The van der Waals surface area contributed by atoms with Gasteiger partial charge in [0.05, 0.1) is 6.54 Å². The molecular weight excluding hydrogens is 212 g/mol. The minimum atomic E-state index is -0.0367. The van der Waals surface area contributed by atoms with Crippen molar-refractivity contribution in [1.29, 1.82) is 0 Å². The number of halogens is 1. The highest BCUT2D eigenvalue weighted by atomic mass is 35.5. The molecule has 82 valence electrons. The second kappa shape index (κ2) is 5.14. The zero-order valence-electron chi connectivity index (χ0n) is 9.17. The van der Waals surface area contributed by atoms with Gasteiger partial charge in [-0.2, -0.15) is 0 Å². The van der Waals surface area contributed by atoms with Crippen molar-refractivity contribution in [3.05, 3.63) is 28.8 Å². The smallest absolute Gasteiger partial charge is 0.238 e. The molecule has 15 heavy (non-hydrogen) atoms. The Morgan fingerprint density at radius 3 is 2.73 bits per heavy atom. The molecule has 0 radical (unpaired) electrons. The van der Waals surface area contributed by atoms with E-state index in [1.165, 1.54) is 0 Å². The topological polar surface area (TPSA) is 32.3 Å². The van der Waals surface area contributed by atoms with Crippen molar-refractivity contribution in [2.24, 2.45) is 0 Å². The molecular formula is C11H15ClN2O. The van der Waals surface area contributed by atoms with Gasteiger partial charge in [0, 0.05) is 10.7 Å². The first-order chi connectivity index (χ1) is 7.00. The predicted octanol–water partition coefficient (Wildman–Crippen LogP) is 2.15. The molecule has 0 aliphatic heterocycles. The molecule has 0 aliphatic rings. The van der Waals surface area contributed by atoms with Crippen LogP contribution >= 0.6 is 11.6 Å². The molecule has 0 atom stereocenters. The summed E-state index contributed by atoms with van der Waals surface area (Å²) in [6.07, 6.45) is 0. The monoisotopic (exact) mass is 226 g/mol. The normalized spacial score (nSPS) is 10.5. The molecule has 0 fully saturated rings. The summed E-state index contributed by atoms with van der Waals surface area (Å²) in [7, 11) is 3.70. The van der Waals surface area contributed by atoms with E-state index in [9.17, 15) is 4.79 Å². The average Bonchev–Trinajstić information content (AvgIpc) is 2.11. The molecule has 1 aromatic carbocycles. The molecule has 0 saturated carbocycles. The molecule has 0 heterocycles. The Morgan fingerprint density at radius 2 is 2.13 bits per heavy atom. The summed E-state index contributed by atoms with van der Waals surface area (Å²) in [4.78, 5) is 13.3. The third-order valence-electron chi connectivity index (χ3n) is 2.00. The van der Waals surface area contributed by atoms with Crippen LogP contribution in [-0.4, -0.2) is 31.4 Å². The number of hydrogen-bond acceptors (Lipinski definition) is 2. The minimum Gasteiger partial charge on any atom is -0.325 e. The lowest BCUT2D eigenvalue weighted by Crippen LogP contribution is -2.27. The first-order valence-electron chi connectivity index (χ1n) is 4.70. The molecule has 0 unspecified atom stereocenters. The van der Waals surface area contributed by atoms with Gasteiger partial charge in [-0.05, 0) is 38.7 Å². The third kappa shape index (κ3) is 3.53. The van der Waals surface area contributed by atoms with Crippen LogP contribution in [0, 0.1) is 6.92 Å². The Bertz CT molecular complexity index is 364. The van der Waals surface area contributed by atoms with Crippen molar-refractivity contribution in [3.8, 4) is 0 Å². The number of rotatable bonds is 3. The summed E-state index contributed by atoms with van der Waals surface area (Å²) in [6.45, 7) is 2.25. The van der Waals surface area contributed by atoms with Crippen LogP contribution in [0.3, 0.4) is 0 Å². The Hall–Kier alpha value is -1.06. The highest BCUT2D eigenvalue weighted by Gasteiger charge is 2.06. The fraction of sp³-hybridized carbons (Fsp3) is 0.364. The third-order valence-corrected chi connectivity index (χ3v) is 2.41. The summed E-state index contributed by atoms with van der Waals surface area (Å²) in [5.41, 5.74) is 1.67. The zero-order chi connectivity index (χ0) is 11.4. The number of nitrogens with one attached hydrogen (secondary N) is 1. The summed E-state index contributed by atoms with van der Waals surface area (Å²) in [5.74, 6) is -0.0367. The highest BCUT2D eigenvalue weighted by Crippen LogP contribution is 2.22. The maximum absolute atomic E-state index is 11.5. The number of benzene rings is 1. The fourth-order valence-electron chi connectivity index (χ4n) is 1.22. The van der Waals surface area contributed by atoms with Crippen molar-refractivity contribution in [3.63, 3.8) is 0 Å². The van der Waals surface area contributed by atoms with Crippen LogP contribution in [0.1, 0.15) is 5.56 Å². The van der Waals surface area contributed by atoms with E-state index in [0.29, 0.717) is 11.6 Å². The number of hydrogen-bond donors (Lipinski definition) is 1. The summed E-state index contributed by atoms with van der Waals surface area (Å²) < 4.78 is 0. The second-order valence-electron chi connectivity index (χ2n) is 3.70. The molecule has 0 spiro atoms. The number of amides is 1. The molecule has 0 bridgehead atoms. The minimum absolute atomic E-state index is 0.0367. The van der Waals surface area contributed by atoms with Gasteiger partial charge in [0.15, 0.2) is 0 Å². The fourth-order valence-corrected chi connectivity index (χ4v) is 1.39. The second-order valence-corrected chi connectivity index (χ2v) is 4.11. The number of anilines is 1. The Kier molecular flexibility index (Phi) is 4.12. The largest absolute Gasteiger partial charge is 0.325 e. The van der Waals surface area contributed by atoms with E-state index in [-0.39, 0.29) is 5.91 Å². The molecule has 0 aliphatic carbocycles. The van der Waals surface area contributed by atoms with Gasteiger partial charge in [0.2, 0.25) is 5.91 Å². The van der Waals surface area contributed by atoms with Crippen molar-refractivity contribution in [2.75, 3.05) is 26.0 Å². The van der Waals surface area contributed by atoms with E-state index in [4.69, 9.17) is 11.6 Å². The van der Waals surface area contributed by atoms with E-state index >= 15 is 0 Å². The summed E-state index contributed by atoms with van der Waals surface area (Å²) in [5, 5.41) is 3.48. The first kappa shape index (κ1) is 12.0. The maximum Gasteiger partial charge on any atom is 0.238 e. The lowest BCUT2D eigenvalue weighted by Gasteiger charge is -2.12. The Morgan fingerprint density at radius 1 is 1.47 bits per heavy atom. The van der Waals surface area contributed by atoms with Crippen molar-refractivity contribution in [1.82, 2.24) is 4.90 Å². The van der Waals surface area contributed by atoms with E-state index in [1.807, 2.05) is 38.1 Å². The van der Waals surface area contributed by atoms with Gasteiger partial charge in [-0.1, -0.05) is 17.7 Å². The Labute approximate surface area is 95.0 Å². The van der Waals surface area contributed by atoms with Gasteiger partial charge < -0.3 is 10.2 Å². The van der Waals surface area contributed by atoms with Crippen LogP contribution in [0.5, 0.6) is 0 Å². The SMILES string of the molecule is Cc1c(Cl)cccc1NC(=O)CN(C)C. The lowest BCUT2D eigenvalue weighted by molar-refractivity contribution is -0.116. The molecule has 1 rings (SSSR count). The summed E-state index contributed by atoms with van der Waals surface area (Å²) in [6, 6.07) is 5.47. The van der Waals surface area contributed by atoms with Gasteiger partial charge in [0.1, 0.15) is 0 Å². The molecule has 0 saturated heterocycles. The molecule has 3 nitrogen and oxygen atoms in total.